The second-order valence-corrected chi connectivity index (χ2v) is 27.6. The lowest BCUT2D eigenvalue weighted by Gasteiger charge is -2.47. The summed E-state index contributed by atoms with van der Waals surface area (Å²) in [4.78, 5) is 45.2. The van der Waals surface area contributed by atoms with E-state index in [0.717, 1.165) is 73.6 Å². The van der Waals surface area contributed by atoms with Crippen LogP contribution in [-0.4, -0.2) is 122 Å². The van der Waals surface area contributed by atoms with E-state index in [0.29, 0.717) is 25.0 Å². The average molecular weight is 1380 g/mol. The number of rotatable bonds is 49. The average Bonchev–Trinajstić information content (AvgIpc) is 1.51. The van der Waals surface area contributed by atoms with Crippen molar-refractivity contribution in [3.63, 3.8) is 0 Å². The van der Waals surface area contributed by atoms with Crippen LogP contribution in [0.1, 0.15) is 203 Å². The summed E-state index contributed by atoms with van der Waals surface area (Å²) in [6.45, 7) is 12.2. The van der Waals surface area contributed by atoms with Gasteiger partial charge >= 0.3 is 11.9 Å². The molecule has 0 aliphatic carbocycles. The van der Waals surface area contributed by atoms with Gasteiger partial charge < -0.3 is 67.3 Å². The summed E-state index contributed by atoms with van der Waals surface area (Å²) in [6.07, 6.45) is 12.1. The highest BCUT2D eigenvalue weighted by atomic mass is 16.8. The van der Waals surface area contributed by atoms with Crippen molar-refractivity contribution < 1.29 is 76.3 Å². The van der Waals surface area contributed by atoms with Gasteiger partial charge in [-0.15, -0.1) is 6.58 Å². The molecule has 548 valence electrons. The number of nitrogens with one attached hydrogen (secondary N) is 1. The van der Waals surface area contributed by atoms with Gasteiger partial charge in [0, 0.05) is 6.42 Å². The molecule has 8 rings (SSSR count). The highest BCUT2D eigenvalue weighted by Gasteiger charge is 2.62. The van der Waals surface area contributed by atoms with E-state index in [-0.39, 0.29) is 58.9 Å². The molecule has 0 radical (unpaired) electrons. The molecule has 17 nitrogen and oxygen atoms in total. The second-order valence-electron chi connectivity index (χ2n) is 27.6. The van der Waals surface area contributed by atoms with Crippen LogP contribution in [0.15, 0.2) is 164 Å². The molecule has 0 bridgehead atoms. The molecule has 3 fully saturated rings. The Morgan fingerprint density at radius 1 is 0.580 bits per heavy atom. The molecule has 12 atom stereocenters. The van der Waals surface area contributed by atoms with Gasteiger partial charge in [0.25, 0.3) is 5.79 Å². The number of hydrogen-bond donors (Lipinski definition) is 2. The van der Waals surface area contributed by atoms with Gasteiger partial charge in [-0.05, 0) is 54.5 Å². The Kier molecular flexibility index (Phi) is 35.3. The van der Waals surface area contributed by atoms with Crippen molar-refractivity contribution in [2.75, 3.05) is 19.8 Å². The molecular formula is C83H115NO16. The van der Waals surface area contributed by atoms with E-state index in [1.54, 1.807) is 13.8 Å². The van der Waals surface area contributed by atoms with Crippen molar-refractivity contribution in [3.8, 4) is 0 Å². The standard InChI is InChI=1S/C83H115NO16/c1-6-9-11-13-15-17-19-21-38-50-68(91-57-64-42-30-24-31-43-64)53-73(85)84-75-79(97-74(86)54-69(92-58-65-44-32-25-33-45-65)51-39-22-20-18-16-14-12-10-7-2)76(87)71(96-80(75)90-52-8-3)62-95-83(81(88)94-60-67-48-36-27-37-49-67)55-70-77(99-82(4,5)98-70)78(100-83)72(93-59-66-46-34-26-35-47-66)61-89-56-63-40-28-23-29-41-63/h8,23-37,40-49,68-72,75-80,87H,3,6-7,9-22,38-39,50-62H2,1-2,4-5H3,(H,84,85)/t68-,69-,70-,71-,72-,75-,76-,77-,78-,79-,80+,83?/m1/s1. The first-order valence-corrected chi connectivity index (χ1v) is 37.4. The summed E-state index contributed by atoms with van der Waals surface area (Å²) in [7, 11) is 0. The number of ether oxygens (including phenoxy) is 12. The maximum Gasteiger partial charge on any atom is 0.367 e. The number of hydrogen-bond acceptors (Lipinski definition) is 16. The Morgan fingerprint density at radius 3 is 1.54 bits per heavy atom. The number of amides is 1. The third-order valence-electron chi connectivity index (χ3n) is 18.8. The number of carbonyl (C=O) groups is 3. The van der Waals surface area contributed by atoms with Gasteiger partial charge in [0.1, 0.15) is 43.2 Å². The van der Waals surface area contributed by atoms with Crippen molar-refractivity contribution in [3.05, 3.63) is 192 Å². The first-order chi connectivity index (χ1) is 48.8. The Hall–Kier alpha value is -6.19. The van der Waals surface area contributed by atoms with Crippen LogP contribution in [-0.2, 0) is 104 Å². The van der Waals surface area contributed by atoms with Crippen molar-refractivity contribution in [2.24, 2.45) is 0 Å². The van der Waals surface area contributed by atoms with Crippen molar-refractivity contribution >= 4 is 17.8 Å². The predicted octanol–water partition coefficient (Wildman–Crippen LogP) is 16.0. The van der Waals surface area contributed by atoms with Gasteiger partial charge in [0.05, 0.1) is 77.4 Å². The molecule has 0 aromatic heterocycles. The normalized spacial score (nSPS) is 22.6. The van der Waals surface area contributed by atoms with E-state index in [2.05, 4.69) is 25.7 Å². The monoisotopic (exact) mass is 1380 g/mol. The smallest absolute Gasteiger partial charge is 0.367 e. The second kappa shape index (κ2) is 44.4. The molecule has 5 aromatic carbocycles. The van der Waals surface area contributed by atoms with Crippen LogP contribution in [0.3, 0.4) is 0 Å². The number of carbonyl (C=O) groups excluding carboxylic acids is 3. The molecule has 17 heteroatoms. The van der Waals surface area contributed by atoms with E-state index in [9.17, 15) is 14.7 Å². The van der Waals surface area contributed by atoms with E-state index >= 15 is 4.79 Å². The highest BCUT2D eigenvalue weighted by Crippen LogP contribution is 2.45. The fraction of sp³-hybridized carbons (Fsp3) is 0.578. The van der Waals surface area contributed by atoms with E-state index in [1.165, 1.54) is 70.3 Å². The molecule has 0 saturated carbocycles. The molecule has 3 aliphatic rings. The van der Waals surface area contributed by atoms with Gasteiger partial charge in [-0.3, -0.25) is 9.59 Å². The first-order valence-electron chi connectivity index (χ1n) is 37.4. The molecule has 5 aromatic rings. The minimum Gasteiger partial charge on any atom is -0.457 e. The van der Waals surface area contributed by atoms with E-state index in [1.807, 2.05) is 152 Å². The fourth-order valence-electron chi connectivity index (χ4n) is 13.3. The van der Waals surface area contributed by atoms with Crippen LogP contribution in [0.2, 0.25) is 0 Å². The Balaban J connectivity index is 1.09. The summed E-state index contributed by atoms with van der Waals surface area (Å²) >= 11 is 0. The number of esters is 2. The Labute approximate surface area is 595 Å². The van der Waals surface area contributed by atoms with Crippen LogP contribution in [0.4, 0.5) is 0 Å². The molecule has 1 unspecified atom stereocenters. The molecule has 2 N–H and O–H groups in total. The SMILES string of the molecule is C=CCO[C@H]1O[C@H](COC2(C(=O)OCc3ccccc3)C[C@H]3OC(C)(C)O[C@H]3[C@@H]([C@@H](COCc3ccccc3)OCc3ccccc3)O2)[C@@H](O)[C@H](OC(=O)C[C@@H](CCCCCCCCCCC)OCc2ccccc2)[C@H]1NC(=O)C[C@@H](CCCCCCCCCCC)OCc1ccccc1. The minimum atomic E-state index is -2.28. The van der Waals surface area contributed by atoms with Crippen LogP contribution >= 0.6 is 0 Å². The lowest BCUT2D eigenvalue weighted by Crippen LogP contribution is -2.67. The zero-order valence-electron chi connectivity index (χ0n) is 60.1. The van der Waals surface area contributed by atoms with Crippen LogP contribution < -0.4 is 5.32 Å². The minimum absolute atomic E-state index is 0.00201. The summed E-state index contributed by atoms with van der Waals surface area (Å²) < 4.78 is 79.6. The molecule has 3 heterocycles. The Bertz CT molecular complexity index is 3040. The molecule has 3 saturated heterocycles. The quantitative estimate of drug-likeness (QED) is 0.0212. The van der Waals surface area contributed by atoms with Gasteiger partial charge in [0.15, 0.2) is 18.2 Å². The van der Waals surface area contributed by atoms with Crippen LogP contribution in [0.25, 0.3) is 0 Å². The van der Waals surface area contributed by atoms with Crippen molar-refractivity contribution in [1.29, 1.82) is 0 Å². The number of aliphatic hydroxyl groups is 1. The molecule has 3 aliphatic heterocycles. The lowest BCUT2D eigenvalue weighted by atomic mass is 9.92. The lowest BCUT2D eigenvalue weighted by molar-refractivity contribution is -0.335. The maximum atomic E-state index is 15.4. The number of unbranched alkanes of at least 4 members (excludes halogenated alkanes) is 16. The Morgan fingerprint density at radius 2 is 1.04 bits per heavy atom. The topological polar surface area (TPSA) is 194 Å². The van der Waals surface area contributed by atoms with Crippen LogP contribution in [0, 0.1) is 0 Å². The molecule has 100 heavy (non-hydrogen) atoms. The van der Waals surface area contributed by atoms with Gasteiger partial charge in [-0.2, -0.15) is 0 Å². The molecule has 1 amide bonds. The summed E-state index contributed by atoms with van der Waals surface area (Å²) in [5.74, 6) is -5.42. The molecule has 0 spiro atoms. The van der Waals surface area contributed by atoms with Crippen molar-refractivity contribution in [1.82, 2.24) is 5.32 Å². The summed E-state index contributed by atoms with van der Waals surface area (Å²) in [5.41, 5.74) is 4.47. The maximum absolute atomic E-state index is 15.4. The van der Waals surface area contributed by atoms with Crippen molar-refractivity contribution in [2.45, 2.75) is 287 Å². The zero-order valence-corrected chi connectivity index (χ0v) is 60.1. The first kappa shape index (κ1) is 79.5. The van der Waals surface area contributed by atoms with Gasteiger partial charge in [-0.1, -0.05) is 287 Å². The van der Waals surface area contributed by atoms with Gasteiger partial charge in [0.2, 0.25) is 5.91 Å². The van der Waals surface area contributed by atoms with Crippen LogP contribution in [0.5, 0.6) is 0 Å². The fourth-order valence-corrected chi connectivity index (χ4v) is 13.3. The van der Waals surface area contributed by atoms with E-state index < -0.39 is 103 Å². The zero-order chi connectivity index (χ0) is 70.5. The largest absolute Gasteiger partial charge is 0.457 e. The van der Waals surface area contributed by atoms with Gasteiger partial charge in [-0.25, -0.2) is 4.79 Å². The number of fused-ring (bicyclic) bond motifs is 1. The third kappa shape index (κ3) is 27.5. The number of benzene rings is 5. The predicted molar refractivity (Wildman–Crippen MR) is 385 cm³/mol. The highest BCUT2D eigenvalue weighted by molar-refractivity contribution is 5.78. The summed E-state index contributed by atoms with van der Waals surface area (Å²) in [6, 6.07) is 47.1. The van der Waals surface area contributed by atoms with E-state index in [4.69, 9.17) is 56.8 Å². The summed E-state index contributed by atoms with van der Waals surface area (Å²) in [5, 5.41) is 16.2. The number of aliphatic hydroxyl groups excluding tert-OH is 1. The third-order valence-corrected chi connectivity index (χ3v) is 18.8. The molecular weight excluding hydrogens is 1270 g/mol.